The quantitative estimate of drug-likeness (QED) is 0.354. The van der Waals surface area contributed by atoms with Crippen molar-refractivity contribution < 1.29 is 19.2 Å². The molecule has 6 heteroatoms. The molecule has 0 unspecified atom stereocenters. The van der Waals surface area contributed by atoms with E-state index >= 15 is 0 Å². The number of carbonyl (C=O) groups excluding carboxylic acids is 2. The predicted octanol–water partition coefficient (Wildman–Crippen LogP) is 2.45. The first-order chi connectivity index (χ1) is 10.6. The number of nitro groups is 1. The Kier molecular flexibility index (Phi) is 4.98. The molecule has 0 radical (unpaired) electrons. The van der Waals surface area contributed by atoms with E-state index < -0.39 is 16.7 Å². The predicted molar refractivity (Wildman–Crippen MR) is 78.0 cm³/mol. The van der Waals surface area contributed by atoms with Crippen molar-refractivity contribution in [1.82, 2.24) is 0 Å². The normalized spacial score (nSPS) is 10.0. The van der Waals surface area contributed by atoms with Gasteiger partial charge < -0.3 is 4.74 Å². The second-order valence-electron chi connectivity index (χ2n) is 4.59. The van der Waals surface area contributed by atoms with E-state index in [-0.39, 0.29) is 18.7 Å². The lowest BCUT2D eigenvalue weighted by molar-refractivity contribution is -0.384. The molecular weight excluding hydrogens is 286 g/mol. The van der Waals surface area contributed by atoms with E-state index in [1.54, 1.807) is 30.3 Å². The Morgan fingerprint density at radius 2 is 1.68 bits per heavy atom. The SMILES string of the molecule is O=C(Cc1cccc([N+](=O)[O-])c1)C(=O)OCc1ccccc1. The fraction of sp³-hybridized carbons (Fsp3) is 0.125. The van der Waals surface area contributed by atoms with Crippen LogP contribution in [0, 0.1) is 10.1 Å². The van der Waals surface area contributed by atoms with Gasteiger partial charge in [0.2, 0.25) is 5.78 Å². The maximum absolute atomic E-state index is 11.8. The highest BCUT2D eigenvalue weighted by molar-refractivity contribution is 6.34. The zero-order chi connectivity index (χ0) is 15.9. The molecule has 0 N–H and O–H groups in total. The Labute approximate surface area is 126 Å². The molecule has 2 rings (SSSR count). The number of benzene rings is 2. The van der Waals surface area contributed by atoms with E-state index in [0.29, 0.717) is 5.56 Å². The number of rotatable bonds is 6. The molecule has 2 aromatic carbocycles. The fourth-order valence-corrected chi connectivity index (χ4v) is 1.84. The molecule has 0 saturated heterocycles. The van der Waals surface area contributed by atoms with Gasteiger partial charge >= 0.3 is 5.97 Å². The monoisotopic (exact) mass is 299 g/mol. The Morgan fingerprint density at radius 1 is 1.00 bits per heavy atom. The third-order valence-electron chi connectivity index (χ3n) is 2.93. The summed E-state index contributed by atoms with van der Waals surface area (Å²) in [6.45, 7) is 0.0142. The number of nitrogens with zero attached hydrogens (tertiary/aromatic N) is 1. The highest BCUT2D eigenvalue weighted by Gasteiger charge is 2.17. The first-order valence-electron chi connectivity index (χ1n) is 6.53. The van der Waals surface area contributed by atoms with Crippen LogP contribution in [0.2, 0.25) is 0 Å². The first-order valence-corrected chi connectivity index (χ1v) is 6.53. The number of carbonyl (C=O) groups is 2. The lowest BCUT2D eigenvalue weighted by Crippen LogP contribution is -2.19. The van der Waals surface area contributed by atoms with E-state index in [4.69, 9.17) is 4.74 Å². The molecule has 0 aliphatic rings. The standard InChI is InChI=1S/C16H13NO5/c18-15(10-13-7-4-8-14(9-13)17(20)21)16(19)22-11-12-5-2-1-3-6-12/h1-9H,10-11H2. The van der Waals surface area contributed by atoms with Gasteiger partial charge in [0.15, 0.2) is 0 Å². The van der Waals surface area contributed by atoms with Gasteiger partial charge in [-0.2, -0.15) is 0 Å². The summed E-state index contributed by atoms with van der Waals surface area (Å²) in [6.07, 6.45) is -0.227. The van der Waals surface area contributed by atoms with Crippen molar-refractivity contribution in [3.8, 4) is 0 Å². The van der Waals surface area contributed by atoms with Crippen molar-refractivity contribution in [2.75, 3.05) is 0 Å². The van der Waals surface area contributed by atoms with Crippen LogP contribution in [0.3, 0.4) is 0 Å². The van der Waals surface area contributed by atoms with Gasteiger partial charge in [-0.3, -0.25) is 14.9 Å². The largest absolute Gasteiger partial charge is 0.455 e. The summed E-state index contributed by atoms with van der Waals surface area (Å²) in [6, 6.07) is 14.6. The Balaban J connectivity index is 1.92. The number of hydrogen-bond donors (Lipinski definition) is 0. The van der Waals surface area contributed by atoms with Gasteiger partial charge in [0.1, 0.15) is 6.61 Å². The number of ketones is 1. The summed E-state index contributed by atoms with van der Waals surface area (Å²) in [5.74, 6) is -1.69. The van der Waals surface area contributed by atoms with Crippen LogP contribution in [-0.4, -0.2) is 16.7 Å². The third-order valence-corrected chi connectivity index (χ3v) is 2.93. The van der Waals surface area contributed by atoms with Crippen molar-refractivity contribution in [3.63, 3.8) is 0 Å². The molecule has 0 amide bonds. The van der Waals surface area contributed by atoms with Gasteiger partial charge in [0, 0.05) is 18.6 Å². The van der Waals surface area contributed by atoms with Crippen LogP contribution in [-0.2, 0) is 27.4 Å². The number of non-ortho nitro benzene ring substituents is 1. The number of ether oxygens (including phenoxy) is 1. The average Bonchev–Trinajstić information content (AvgIpc) is 2.53. The molecule has 2 aromatic rings. The Bertz CT molecular complexity index is 697. The lowest BCUT2D eigenvalue weighted by Gasteiger charge is -2.04. The minimum Gasteiger partial charge on any atom is -0.455 e. The summed E-state index contributed by atoms with van der Waals surface area (Å²) >= 11 is 0. The van der Waals surface area contributed by atoms with Crippen LogP contribution in [0.15, 0.2) is 54.6 Å². The van der Waals surface area contributed by atoms with Crippen LogP contribution in [0.1, 0.15) is 11.1 Å². The van der Waals surface area contributed by atoms with E-state index in [2.05, 4.69) is 0 Å². The van der Waals surface area contributed by atoms with E-state index in [0.717, 1.165) is 5.56 Å². The first kappa shape index (κ1) is 15.4. The number of Topliss-reactive ketones (excluding diaryl/α,β-unsaturated/α-hetero) is 1. The zero-order valence-corrected chi connectivity index (χ0v) is 11.6. The van der Waals surface area contributed by atoms with Crippen molar-refractivity contribution in [2.24, 2.45) is 0 Å². The van der Waals surface area contributed by atoms with Gasteiger partial charge in [0.05, 0.1) is 4.92 Å². The molecule has 6 nitrogen and oxygen atoms in total. The minimum absolute atomic E-state index is 0.0142. The Morgan fingerprint density at radius 3 is 2.36 bits per heavy atom. The van der Waals surface area contributed by atoms with E-state index in [1.807, 2.05) is 6.07 Å². The maximum Gasteiger partial charge on any atom is 0.375 e. The van der Waals surface area contributed by atoms with Gasteiger partial charge in [0.25, 0.3) is 5.69 Å². The summed E-state index contributed by atoms with van der Waals surface area (Å²) < 4.78 is 4.92. The van der Waals surface area contributed by atoms with Gasteiger partial charge in [-0.25, -0.2) is 4.79 Å². The molecule has 112 valence electrons. The summed E-state index contributed by atoms with van der Waals surface area (Å²) in [7, 11) is 0. The van der Waals surface area contributed by atoms with Crippen LogP contribution < -0.4 is 0 Å². The molecule has 0 atom stereocenters. The number of nitro benzene ring substituents is 1. The van der Waals surface area contributed by atoms with Gasteiger partial charge in [-0.05, 0) is 11.1 Å². The lowest BCUT2D eigenvalue weighted by atomic mass is 10.1. The molecule has 22 heavy (non-hydrogen) atoms. The second kappa shape index (κ2) is 7.12. The van der Waals surface area contributed by atoms with Gasteiger partial charge in [-0.15, -0.1) is 0 Å². The summed E-state index contributed by atoms with van der Waals surface area (Å²) in [5.41, 5.74) is 1.05. The van der Waals surface area contributed by atoms with Crippen LogP contribution in [0.25, 0.3) is 0 Å². The highest BCUT2D eigenvalue weighted by Crippen LogP contribution is 2.14. The second-order valence-corrected chi connectivity index (χ2v) is 4.59. The Hall–Kier alpha value is -3.02. The third kappa shape index (κ3) is 4.24. The van der Waals surface area contributed by atoms with Crippen LogP contribution >= 0.6 is 0 Å². The molecule has 0 heterocycles. The molecule has 0 aliphatic carbocycles. The van der Waals surface area contributed by atoms with Gasteiger partial charge in [-0.1, -0.05) is 42.5 Å². The van der Waals surface area contributed by atoms with Crippen LogP contribution in [0.4, 0.5) is 5.69 Å². The van der Waals surface area contributed by atoms with Crippen molar-refractivity contribution in [3.05, 3.63) is 75.8 Å². The van der Waals surface area contributed by atoms with E-state index in [9.17, 15) is 19.7 Å². The molecule has 0 aliphatic heterocycles. The highest BCUT2D eigenvalue weighted by atomic mass is 16.6. The molecule has 0 fully saturated rings. The summed E-state index contributed by atoms with van der Waals surface area (Å²) in [5, 5.41) is 10.7. The maximum atomic E-state index is 11.8. The molecule has 0 bridgehead atoms. The smallest absolute Gasteiger partial charge is 0.375 e. The molecule has 0 saturated carbocycles. The average molecular weight is 299 g/mol. The molecule has 0 aromatic heterocycles. The zero-order valence-electron chi connectivity index (χ0n) is 11.6. The minimum atomic E-state index is -0.949. The topological polar surface area (TPSA) is 86.5 Å². The van der Waals surface area contributed by atoms with Crippen molar-refractivity contribution >= 4 is 17.4 Å². The number of esters is 1. The summed E-state index contributed by atoms with van der Waals surface area (Å²) in [4.78, 5) is 33.5. The van der Waals surface area contributed by atoms with E-state index in [1.165, 1.54) is 18.2 Å². The molecule has 0 spiro atoms. The van der Waals surface area contributed by atoms with Crippen molar-refractivity contribution in [2.45, 2.75) is 13.0 Å². The number of hydrogen-bond acceptors (Lipinski definition) is 5. The fourth-order valence-electron chi connectivity index (χ4n) is 1.84. The van der Waals surface area contributed by atoms with Crippen LogP contribution in [0.5, 0.6) is 0 Å². The van der Waals surface area contributed by atoms with Crippen molar-refractivity contribution in [1.29, 1.82) is 0 Å². The molecular formula is C16H13NO5.